The summed E-state index contributed by atoms with van der Waals surface area (Å²) in [5.41, 5.74) is 4.49. The summed E-state index contributed by atoms with van der Waals surface area (Å²) < 4.78 is 13.7. The second kappa shape index (κ2) is 11.4. The van der Waals surface area contributed by atoms with Gasteiger partial charge in [-0.25, -0.2) is 4.68 Å². The highest BCUT2D eigenvalue weighted by atomic mass is 35.5. The topological polar surface area (TPSA) is 90.3 Å². The molecule has 0 aliphatic carbocycles. The lowest BCUT2D eigenvalue weighted by Gasteiger charge is -2.29. The minimum Gasteiger partial charge on any atom is -0.490 e. The van der Waals surface area contributed by atoms with Crippen LogP contribution < -0.4 is 20.1 Å². The Labute approximate surface area is 236 Å². The molecule has 8 nitrogen and oxygen atoms in total. The van der Waals surface area contributed by atoms with Crippen molar-refractivity contribution < 1.29 is 14.3 Å². The first-order valence-corrected chi connectivity index (χ1v) is 13.2. The third kappa shape index (κ3) is 5.57. The highest BCUT2D eigenvalue weighted by Crippen LogP contribution is 2.39. The van der Waals surface area contributed by atoms with Crippen LogP contribution in [0.15, 0.2) is 78.3 Å². The van der Waals surface area contributed by atoms with Gasteiger partial charge in [0, 0.05) is 27.0 Å². The number of ether oxygens (including phenoxy) is 2. The molecule has 1 atom stereocenters. The van der Waals surface area contributed by atoms with E-state index in [2.05, 4.69) is 20.7 Å². The number of aryl methyl sites for hydroxylation is 1. The van der Waals surface area contributed by atoms with Gasteiger partial charge in [0.15, 0.2) is 11.5 Å². The standard InChI is InChI=1S/C29H27Cl2N5O3/c1-4-38-25-13-19(10-12-24(25)39-15-20-9-11-21(30)14-22(20)31)27-26(18(3)34-29-32-16-33-36(27)29)28(37)35-23-8-6-5-7-17(23)2/h5-14,16,27H,4,15H2,1-3H3,(H,35,37)(H,32,33,34). The number of rotatable bonds is 8. The van der Waals surface area contributed by atoms with Crippen LogP contribution in [-0.2, 0) is 11.4 Å². The van der Waals surface area contributed by atoms with Crippen molar-refractivity contribution in [2.45, 2.75) is 33.4 Å². The molecule has 2 N–H and O–H groups in total. The molecule has 0 saturated heterocycles. The predicted molar refractivity (Wildman–Crippen MR) is 153 cm³/mol. The SMILES string of the molecule is CCOc1cc(C2C(C(=O)Nc3ccccc3C)=C(C)Nc3ncnn32)ccc1OCc1ccc(Cl)cc1Cl. The molecule has 1 aromatic heterocycles. The summed E-state index contributed by atoms with van der Waals surface area (Å²) in [7, 11) is 0. The van der Waals surface area contributed by atoms with Crippen LogP contribution >= 0.6 is 23.2 Å². The van der Waals surface area contributed by atoms with E-state index in [-0.39, 0.29) is 12.5 Å². The molecule has 39 heavy (non-hydrogen) atoms. The van der Waals surface area contributed by atoms with Crippen LogP contribution in [0.5, 0.6) is 11.5 Å². The van der Waals surface area contributed by atoms with Crippen molar-refractivity contribution in [1.29, 1.82) is 0 Å². The Bertz CT molecular complexity index is 1570. The smallest absolute Gasteiger partial charge is 0.255 e. The van der Waals surface area contributed by atoms with E-state index >= 15 is 0 Å². The molecule has 0 spiro atoms. The summed E-state index contributed by atoms with van der Waals surface area (Å²) in [6.45, 7) is 6.37. The van der Waals surface area contributed by atoms with Gasteiger partial charge in [0.05, 0.1) is 12.2 Å². The van der Waals surface area contributed by atoms with E-state index < -0.39 is 6.04 Å². The number of fused-ring (bicyclic) bond motifs is 1. The first-order valence-electron chi connectivity index (χ1n) is 12.4. The van der Waals surface area contributed by atoms with Crippen LogP contribution in [0.2, 0.25) is 10.0 Å². The van der Waals surface area contributed by atoms with Gasteiger partial charge in [0.2, 0.25) is 5.95 Å². The van der Waals surface area contributed by atoms with E-state index in [9.17, 15) is 4.79 Å². The summed E-state index contributed by atoms with van der Waals surface area (Å²) >= 11 is 12.4. The molecule has 5 rings (SSSR count). The Balaban J connectivity index is 1.49. The Morgan fingerprint density at radius 2 is 1.87 bits per heavy atom. The number of hydrogen-bond acceptors (Lipinski definition) is 6. The number of nitrogens with one attached hydrogen (secondary N) is 2. The number of hydrogen-bond donors (Lipinski definition) is 2. The van der Waals surface area contributed by atoms with Gasteiger partial charge >= 0.3 is 0 Å². The summed E-state index contributed by atoms with van der Waals surface area (Å²) in [6.07, 6.45) is 1.46. The van der Waals surface area contributed by atoms with Crippen LogP contribution in [0, 0.1) is 6.92 Å². The fraction of sp³-hybridized carbons (Fsp3) is 0.207. The summed E-state index contributed by atoms with van der Waals surface area (Å²) in [5.74, 6) is 1.39. The largest absolute Gasteiger partial charge is 0.490 e. The molecule has 0 radical (unpaired) electrons. The van der Waals surface area contributed by atoms with Gasteiger partial charge in [-0.1, -0.05) is 53.5 Å². The number of anilines is 2. The maximum atomic E-state index is 13.7. The van der Waals surface area contributed by atoms with Gasteiger partial charge in [-0.05, 0) is 62.2 Å². The number of amides is 1. The molecule has 1 amide bonds. The van der Waals surface area contributed by atoms with Gasteiger partial charge in [-0.15, -0.1) is 0 Å². The van der Waals surface area contributed by atoms with Crippen molar-refractivity contribution in [3.05, 3.63) is 105 Å². The minimum absolute atomic E-state index is 0.235. The van der Waals surface area contributed by atoms with Crippen molar-refractivity contribution in [2.75, 3.05) is 17.2 Å². The molecule has 1 unspecified atom stereocenters. The Morgan fingerprint density at radius 3 is 2.64 bits per heavy atom. The molecule has 1 aliphatic heterocycles. The number of halogens is 2. The highest BCUT2D eigenvalue weighted by molar-refractivity contribution is 6.35. The number of para-hydroxylation sites is 1. The Morgan fingerprint density at radius 1 is 1.05 bits per heavy atom. The highest BCUT2D eigenvalue weighted by Gasteiger charge is 2.34. The maximum absolute atomic E-state index is 13.7. The monoisotopic (exact) mass is 563 g/mol. The maximum Gasteiger partial charge on any atom is 0.255 e. The summed E-state index contributed by atoms with van der Waals surface area (Å²) in [6, 6.07) is 18.0. The molecular formula is C29H27Cl2N5O3. The number of carbonyl (C=O) groups is 1. The fourth-order valence-electron chi connectivity index (χ4n) is 4.47. The van der Waals surface area contributed by atoms with E-state index in [1.165, 1.54) is 6.33 Å². The number of allylic oxidation sites excluding steroid dienone is 1. The molecule has 3 aromatic carbocycles. The van der Waals surface area contributed by atoms with Gasteiger partial charge in [-0.2, -0.15) is 10.1 Å². The van der Waals surface area contributed by atoms with Crippen molar-refractivity contribution in [3.8, 4) is 11.5 Å². The Kier molecular flexibility index (Phi) is 7.77. The van der Waals surface area contributed by atoms with E-state index in [1.54, 1.807) is 16.8 Å². The van der Waals surface area contributed by atoms with Gasteiger partial charge in [0.1, 0.15) is 19.0 Å². The second-order valence-corrected chi connectivity index (χ2v) is 9.87. The molecule has 4 aromatic rings. The van der Waals surface area contributed by atoms with Crippen molar-refractivity contribution in [1.82, 2.24) is 14.8 Å². The third-order valence-electron chi connectivity index (χ3n) is 6.41. The lowest BCUT2D eigenvalue weighted by atomic mass is 9.94. The number of aromatic nitrogens is 3. The predicted octanol–water partition coefficient (Wildman–Crippen LogP) is 6.80. The zero-order chi connectivity index (χ0) is 27.5. The average molecular weight is 564 g/mol. The zero-order valence-corrected chi connectivity index (χ0v) is 23.2. The first kappa shape index (κ1) is 26.6. The quantitative estimate of drug-likeness (QED) is 0.245. The van der Waals surface area contributed by atoms with E-state index in [4.69, 9.17) is 32.7 Å². The first-order chi connectivity index (χ1) is 18.9. The average Bonchev–Trinajstić information content (AvgIpc) is 3.37. The molecule has 0 bridgehead atoms. The van der Waals surface area contributed by atoms with Crippen molar-refractivity contribution in [3.63, 3.8) is 0 Å². The van der Waals surface area contributed by atoms with Crippen LogP contribution in [0.25, 0.3) is 0 Å². The Hall–Kier alpha value is -4.01. The summed E-state index contributed by atoms with van der Waals surface area (Å²) in [5, 5.41) is 11.8. The van der Waals surface area contributed by atoms with E-state index in [1.807, 2.05) is 69.3 Å². The van der Waals surface area contributed by atoms with E-state index in [0.717, 1.165) is 22.4 Å². The molecule has 200 valence electrons. The second-order valence-electron chi connectivity index (χ2n) is 9.03. The van der Waals surface area contributed by atoms with Crippen molar-refractivity contribution in [2.24, 2.45) is 0 Å². The van der Waals surface area contributed by atoms with Gasteiger partial charge < -0.3 is 20.1 Å². The van der Waals surface area contributed by atoms with E-state index in [0.29, 0.717) is 45.4 Å². The van der Waals surface area contributed by atoms with Crippen molar-refractivity contribution >= 4 is 40.7 Å². The molecular weight excluding hydrogens is 537 g/mol. The zero-order valence-electron chi connectivity index (χ0n) is 21.7. The number of carbonyl (C=O) groups excluding carboxylic acids is 1. The lowest BCUT2D eigenvalue weighted by molar-refractivity contribution is -0.113. The summed E-state index contributed by atoms with van der Waals surface area (Å²) in [4.78, 5) is 18.0. The molecule has 2 heterocycles. The molecule has 10 heteroatoms. The lowest BCUT2D eigenvalue weighted by Crippen LogP contribution is -2.31. The van der Waals surface area contributed by atoms with Crippen LogP contribution in [0.3, 0.4) is 0 Å². The molecule has 0 fully saturated rings. The third-order valence-corrected chi connectivity index (χ3v) is 7.00. The number of nitrogens with zero attached hydrogens (tertiary/aromatic N) is 3. The fourth-order valence-corrected chi connectivity index (χ4v) is 4.94. The van der Waals surface area contributed by atoms with Crippen LogP contribution in [0.1, 0.15) is 36.6 Å². The molecule has 0 saturated carbocycles. The van der Waals surface area contributed by atoms with Crippen LogP contribution in [0.4, 0.5) is 11.6 Å². The molecule has 1 aliphatic rings. The minimum atomic E-state index is -0.549. The van der Waals surface area contributed by atoms with Gasteiger partial charge in [-0.3, -0.25) is 4.79 Å². The van der Waals surface area contributed by atoms with Crippen LogP contribution in [-0.4, -0.2) is 27.3 Å². The number of benzene rings is 3. The van der Waals surface area contributed by atoms with Gasteiger partial charge in [0.25, 0.3) is 5.91 Å². The normalized spacial score (nSPS) is 14.4.